The third-order valence-corrected chi connectivity index (χ3v) is 4.52. The molecule has 19 heavy (non-hydrogen) atoms. The Bertz CT molecular complexity index is 457. The fourth-order valence-electron chi connectivity index (χ4n) is 3.56. The molecule has 3 rings (SSSR count). The van der Waals surface area contributed by atoms with Crippen molar-refractivity contribution in [1.82, 2.24) is 4.90 Å². The standard InChI is InChI=1S/C15H21N3O/c16-12-7-13-5-6-14(8-12)18(13)9-10-1-3-11(4-2-10)15(17)19/h1-4,12-14H,5-9,16H2,(H2,17,19). The van der Waals surface area contributed by atoms with Crippen LogP contribution in [-0.2, 0) is 6.54 Å². The van der Waals surface area contributed by atoms with Crippen molar-refractivity contribution in [3.8, 4) is 0 Å². The highest BCUT2D eigenvalue weighted by molar-refractivity contribution is 5.92. The first-order chi connectivity index (χ1) is 9.13. The maximum absolute atomic E-state index is 11.1. The van der Waals surface area contributed by atoms with E-state index in [1.165, 1.54) is 18.4 Å². The van der Waals surface area contributed by atoms with E-state index in [0.717, 1.165) is 19.4 Å². The molecule has 2 unspecified atom stereocenters. The largest absolute Gasteiger partial charge is 0.366 e. The highest BCUT2D eigenvalue weighted by atomic mass is 16.1. The van der Waals surface area contributed by atoms with E-state index in [1.807, 2.05) is 24.3 Å². The van der Waals surface area contributed by atoms with Crippen molar-refractivity contribution < 1.29 is 4.79 Å². The Balaban J connectivity index is 1.70. The van der Waals surface area contributed by atoms with Crippen molar-refractivity contribution in [2.75, 3.05) is 0 Å². The van der Waals surface area contributed by atoms with Crippen LogP contribution in [0.15, 0.2) is 24.3 Å². The molecule has 0 aliphatic carbocycles. The van der Waals surface area contributed by atoms with E-state index in [9.17, 15) is 4.79 Å². The maximum atomic E-state index is 11.1. The fraction of sp³-hybridized carbons (Fsp3) is 0.533. The number of carbonyl (C=O) groups excluding carboxylic acids is 1. The Morgan fingerprint density at radius 3 is 2.26 bits per heavy atom. The first-order valence-electron chi connectivity index (χ1n) is 7.03. The maximum Gasteiger partial charge on any atom is 0.248 e. The number of rotatable bonds is 3. The Kier molecular flexibility index (Phi) is 3.29. The van der Waals surface area contributed by atoms with Crippen LogP contribution in [0.25, 0.3) is 0 Å². The van der Waals surface area contributed by atoms with E-state index in [2.05, 4.69) is 4.90 Å². The summed E-state index contributed by atoms with van der Waals surface area (Å²) in [6.45, 7) is 0.959. The van der Waals surface area contributed by atoms with Gasteiger partial charge in [-0.05, 0) is 43.4 Å². The van der Waals surface area contributed by atoms with Gasteiger partial charge in [0, 0.05) is 30.2 Å². The van der Waals surface area contributed by atoms with Crippen molar-refractivity contribution in [3.05, 3.63) is 35.4 Å². The van der Waals surface area contributed by atoms with Crippen LogP contribution < -0.4 is 11.5 Å². The van der Waals surface area contributed by atoms with Crippen molar-refractivity contribution in [1.29, 1.82) is 0 Å². The van der Waals surface area contributed by atoms with E-state index in [4.69, 9.17) is 11.5 Å². The normalized spacial score (nSPS) is 30.5. The lowest BCUT2D eigenvalue weighted by atomic mass is 9.97. The molecule has 4 nitrogen and oxygen atoms in total. The molecule has 2 aliphatic rings. The first-order valence-corrected chi connectivity index (χ1v) is 7.03. The number of nitrogens with zero attached hydrogens (tertiary/aromatic N) is 1. The molecule has 2 heterocycles. The number of hydrogen-bond donors (Lipinski definition) is 2. The molecule has 2 aliphatic heterocycles. The Morgan fingerprint density at radius 1 is 1.16 bits per heavy atom. The fourth-order valence-corrected chi connectivity index (χ4v) is 3.56. The molecule has 0 spiro atoms. The van der Waals surface area contributed by atoms with Crippen molar-refractivity contribution in [2.45, 2.75) is 50.4 Å². The number of hydrogen-bond acceptors (Lipinski definition) is 3. The van der Waals surface area contributed by atoms with Gasteiger partial charge in [0.2, 0.25) is 5.91 Å². The molecule has 0 saturated carbocycles. The van der Waals surface area contributed by atoms with Gasteiger partial charge in [0.1, 0.15) is 0 Å². The summed E-state index contributed by atoms with van der Waals surface area (Å²) in [5.41, 5.74) is 13.2. The number of benzene rings is 1. The highest BCUT2D eigenvalue weighted by Crippen LogP contribution is 2.36. The van der Waals surface area contributed by atoms with E-state index in [-0.39, 0.29) is 5.91 Å². The van der Waals surface area contributed by atoms with Gasteiger partial charge in [-0.3, -0.25) is 9.69 Å². The van der Waals surface area contributed by atoms with Gasteiger partial charge in [-0.2, -0.15) is 0 Å². The topological polar surface area (TPSA) is 72.4 Å². The quantitative estimate of drug-likeness (QED) is 0.858. The SMILES string of the molecule is NC(=O)c1ccc(CN2C3CCC2CC(N)C3)cc1. The van der Waals surface area contributed by atoms with Gasteiger partial charge in [-0.15, -0.1) is 0 Å². The van der Waals surface area contributed by atoms with Gasteiger partial charge in [0.05, 0.1) is 0 Å². The Labute approximate surface area is 113 Å². The zero-order valence-electron chi connectivity index (χ0n) is 11.1. The van der Waals surface area contributed by atoms with Gasteiger partial charge in [0.25, 0.3) is 0 Å². The summed E-state index contributed by atoms with van der Waals surface area (Å²) >= 11 is 0. The summed E-state index contributed by atoms with van der Waals surface area (Å²) in [6, 6.07) is 9.31. The number of primary amides is 1. The number of amides is 1. The van der Waals surface area contributed by atoms with Crippen LogP contribution in [0.2, 0.25) is 0 Å². The van der Waals surface area contributed by atoms with Crippen LogP contribution in [0.5, 0.6) is 0 Å². The molecule has 102 valence electrons. The molecule has 4 N–H and O–H groups in total. The first kappa shape index (κ1) is 12.6. The van der Waals surface area contributed by atoms with E-state index < -0.39 is 0 Å². The summed E-state index contributed by atoms with van der Waals surface area (Å²) in [4.78, 5) is 13.6. The molecule has 2 bridgehead atoms. The molecule has 2 fully saturated rings. The zero-order valence-corrected chi connectivity index (χ0v) is 11.1. The minimum atomic E-state index is -0.365. The molecule has 1 amide bonds. The minimum Gasteiger partial charge on any atom is -0.366 e. The second-order valence-corrected chi connectivity index (χ2v) is 5.85. The number of piperidine rings is 1. The molecular formula is C15H21N3O. The van der Waals surface area contributed by atoms with E-state index in [0.29, 0.717) is 23.7 Å². The lowest BCUT2D eigenvalue weighted by Crippen LogP contribution is -2.46. The minimum absolute atomic E-state index is 0.365. The molecular weight excluding hydrogens is 238 g/mol. The summed E-state index contributed by atoms with van der Waals surface area (Å²) in [5.74, 6) is -0.365. The number of nitrogens with two attached hydrogens (primary N) is 2. The Hall–Kier alpha value is -1.39. The van der Waals surface area contributed by atoms with Crippen molar-refractivity contribution in [3.63, 3.8) is 0 Å². The molecule has 1 aromatic carbocycles. The lowest BCUT2D eigenvalue weighted by molar-refractivity contribution is 0.1000. The second kappa shape index (κ2) is 4.94. The molecule has 0 aromatic heterocycles. The average Bonchev–Trinajstić information content (AvgIpc) is 2.62. The smallest absolute Gasteiger partial charge is 0.248 e. The third-order valence-electron chi connectivity index (χ3n) is 4.52. The molecule has 2 atom stereocenters. The average molecular weight is 259 g/mol. The van der Waals surface area contributed by atoms with Crippen LogP contribution >= 0.6 is 0 Å². The summed E-state index contributed by atoms with van der Waals surface area (Å²) < 4.78 is 0. The van der Waals surface area contributed by atoms with Crippen LogP contribution in [0.1, 0.15) is 41.6 Å². The van der Waals surface area contributed by atoms with Gasteiger partial charge < -0.3 is 11.5 Å². The van der Waals surface area contributed by atoms with Gasteiger partial charge in [-0.1, -0.05) is 12.1 Å². The number of carbonyl (C=O) groups is 1. The monoisotopic (exact) mass is 259 g/mol. The molecule has 0 radical (unpaired) electrons. The predicted octanol–water partition coefficient (Wildman–Crippen LogP) is 1.24. The van der Waals surface area contributed by atoms with Crippen LogP contribution in [0.3, 0.4) is 0 Å². The predicted molar refractivity (Wildman–Crippen MR) is 74.5 cm³/mol. The zero-order chi connectivity index (χ0) is 13.4. The van der Waals surface area contributed by atoms with Gasteiger partial charge in [0.15, 0.2) is 0 Å². The van der Waals surface area contributed by atoms with Crippen molar-refractivity contribution in [2.24, 2.45) is 11.5 Å². The summed E-state index contributed by atoms with van der Waals surface area (Å²) in [6.07, 6.45) is 4.79. The third kappa shape index (κ3) is 2.51. The van der Waals surface area contributed by atoms with Crippen LogP contribution in [-0.4, -0.2) is 28.9 Å². The highest BCUT2D eigenvalue weighted by Gasteiger charge is 2.39. The Morgan fingerprint density at radius 2 is 1.74 bits per heavy atom. The van der Waals surface area contributed by atoms with Crippen molar-refractivity contribution >= 4 is 5.91 Å². The van der Waals surface area contributed by atoms with Crippen LogP contribution in [0.4, 0.5) is 0 Å². The molecule has 2 saturated heterocycles. The van der Waals surface area contributed by atoms with E-state index >= 15 is 0 Å². The van der Waals surface area contributed by atoms with E-state index in [1.54, 1.807) is 0 Å². The number of fused-ring (bicyclic) bond motifs is 2. The molecule has 1 aromatic rings. The van der Waals surface area contributed by atoms with Gasteiger partial charge >= 0.3 is 0 Å². The summed E-state index contributed by atoms with van der Waals surface area (Å²) in [5, 5.41) is 0. The molecule has 4 heteroatoms. The van der Waals surface area contributed by atoms with Gasteiger partial charge in [-0.25, -0.2) is 0 Å². The second-order valence-electron chi connectivity index (χ2n) is 5.85. The van der Waals surface area contributed by atoms with Crippen LogP contribution in [0, 0.1) is 0 Å². The lowest BCUT2D eigenvalue weighted by Gasteiger charge is -2.37. The summed E-state index contributed by atoms with van der Waals surface area (Å²) in [7, 11) is 0.